The third-order valence-corrected chi connectivity index (χ3v) is 3.52. The first-order chi connectivity index (χ1) is 9.60. The Hall–Kier alpha value is -1.71. The molecule has 0 unspecified atom stereocenters. The van der Waals surface area contributed by atoms with Gasteiger partial charge in [0.2, 0.25) is 0 Å². The van der Waals surface area contributed by atoms with Gasteiger partial charge < -0.3 is 14.6 Å². The van der Waals surface area contributed by atoms with E-state index in [9.17, 15) is 4.79 Å². The molecule has 20 heavy (non-hydrogen) atoms. The summed E-state index contributed by atoms with van der Waals surface area (Å²) in [4.78, 5) is 12.5. The van der Waals surface area contributed by atoms with Crippen molar-refractivity contribution in [3.63, 3.8) is 0 Å². The molecule has 1 aromatic rings. The normalized spacial score (nSPS) is 13.1. The lowest BCUT2D eigenvalue weighted by atomic mass is 10.1. The Kier molecular flexibility index (Phi) is 4.88. The summed E-state index contributed by atoms with van der Waals surface area (Å²) in [6.45, 7) is 1.63. The summed E-state index contributed by atoms with van der Waals surface area (Å²) < 4.78 is 11.8. The zero-order valence-electron chi connectivity index (χ0n) is 10.8. The number of aliphatic carboxylic acids is 1. The van der Waals surface area contributed by atoms with Gasteiger partial charge in [-0.1, -0.05) is 21.9 Å². The lowest BCUT2D eigenvalue weighted by Crippen LogP contribution is -2.30. The molecule has 1 aromatic carbocycles. The largest absolute Gasteiger partial charge is 0.486 e. The molecule has 0 saturated carbocycles. The van der Waals surface area contributed by atoms with E-state index in [0.717, 1.165) is 10.0 Å². The van der Waals surface area contributed by atoms with E-state index in [1.807, 2.05) is 12.1 Å². The van der Waals surface area contributed by atoms with Crippen molar-refractivity contribution in [2.45, 2.75) is 6.54 Å². The van der Waals surface area contributed by atoms with Gasteiger partial charge in [-0.05, 0) is 17.7 Å². The number of carboxylic acids is 1. The predicted molar refractivity (Wildman–Crippen MR) is 76.9 cm³/mol. The van der Waals surface area contributed by atoms with Gasteiger partial charge in [0.25, 0.3) is 0 Å². The first kappa shape index (κ1) is 14.7. The summed E-state index contributed by atoms with van der Waals surface area (Å²) in [6.07, 6.45) is 5.27. The minimum atomic E-state index is -0.908. The highest BCUT2D eigenvalue weighted by Gasteiger charge is 2.17. The summed E-state index contributed by atoms with van der Waals surface area (Å²) in [6, 6.07) is 3.68. The third kappa shape index (κ3) is 3.65. The van der Waals surface area contributed by atoms with Crippen LogP contribution in [0.4, 0.5) is 0 Å². The summed E-state index contributed by atoms with van der Waals surface area (Å²) in [5.41, 5.74) is 0.908. The van der Waals surface area contributed by atoms with Crippen LogP contribution in [-0.2, 0) is 11.3 Å². The number of hydrogen-bond acceptors (Lipinski definition) is 4. The van der Waals surface area contributed by atoms with Crippen LogP contribution in [0.25, 0.3) is 0 Å². The van der Waals surface area contributed by atoms with Crippen molar-refractivity contribution in [3.05, 3.63) is 22.2 Å². The molecule has 0 aromatic heterocycles. The fraction of sp³-hybridized carbons (Fsp3) is 0.357. The molecule has 5 nitrogen and oxygen atoms in total. The molecule has 0 atom stereocenters. The van der Waals surface area contributed by atoms with Crippen molar-refractivity contribution in [1.29, 1.82) is 0 Å². The average molecular weight is 340 g/mol. The second kappa shape index (κ2) is 6.64. The molecule has 0 fully saturated rings. The van der Waals surface area contributed by atoms with Gasteiger partial charge in [-0.3, -0.25) is 9.69 Å². The number of carboxylic acid groups (broad SMARTS) is 1. The van der Waals surface area contributed by atoms with Crippen molar-refractivity contribution in [1.82, 2.24) is 4.90 Å². The summed E-state index contributed by atoms with van der Waals surface area (Å²) in [7, 11) is 0. The number of ether oxygens (including phenoxy) is 2. The number of benzene rings is 1. The van der Waals surface area contributed by atoms with Crippen LogP contribution < -0.4 is 9.47 Å². The molecular formula is C14H14BrNO4. The van der Waals surface area contributed by atoms with Crippen LogP contribution in [0, 0.1) is 12.3 Å². The van der Waals surface area contributed by atoms with E-state index in [4.69, 9.17) is 21.0 Å². The summed E-state index contributed by atoms with van der Waals surface area (Å²) >= 11 is 3.46. The van der Waals surface area contributed by atoms with Crippen LogP contribution in [-0.4, -0.2) is 42.3 Å². The molecule has 0 amide bonds. The van der Waals surface area contributed by atoms with Crippen LogP contribution in [0.5, 0.6) is 11.5 Å². The van der Waals surface area contributed by atoms with Gasteiger partial charge in [-0.2, -0.15) is 0 Å². The topological polar surface area (TPSA) is 59.0 Å². The molecule has 1 aliphatic rings. The van der Waals surface area contributed by atoms with Crippen LogP contribution in [0.2, 0.25) is 0 Å². The molecule has 1 N–H and O–H groups in total. The molecule has 6 heteroatoms. The molecule has 106 valence electrons. The van der Waals surface area contributed by atoms with E-state index in [1.54, 1.807) is 4.90 Å². The second-order valence-corrected chi connectivity index (χ2v) is 5.18. The van der Waals surface area contributed by atoms with Gasteiger partial charge in [0.1, 0.15) is 13.2 Å². The van der Waals surface area contributed by atoms with Crippen LogP contribution >= 0.6 is 15.9 Å². The van der Waals surface area contributed by atoms with Gasteiger partial charge in [0.15, 0.2) is 11.5 Å². The number of hydrogen-bond donors (Lipinski definition) is 1. The van der Waals surface area contributed by atoms with E-state index in [1.165, 1.54) is 0 Å². The number of fused-ring (bicyclic) bond motifs is 1. The maximum Gasteiger partial charge on any atom is 0.317 e. The molecular weight excluding hydrogens is 326 g/mol. The van der Waals surface area contributed by atoms with Crippen molar-refractivity contribution >= 4 is 21.9 Å². The van der Waals surface area contributed by atoms with Gasteiger partial charge >= 0.3 is 5.97 Å². The molecule has 0 saturated heterocycles. The van der Waals surface area contributed by atoms with Gasteiger partial charge in [-0.15, -0.1) is 6.42 Å². The highest BCUT2D eigenvalue weighted by Crippen LogP contribution is 2.35. The number of halogens is 1. The number of rotatable bonds is 5. The Morgan fingerprint density at radius 3 is 2.65 bits per heavy atom. The van der Waals surface area contributed by atoms with E-state index in [0.29, 0.717) is 31.3 Å². The number of terminal acetylenes is 1. The van der Waals surface area contributed by atoms with Crippen LogP contribution in [0.15, 0.2) is 16.6 Å². The standard InChI is InChI=1S/C14H14BrNO4/c1-2-3-16(9-14(17)18)8-10-6-12-13(7-11(10)15)20-5-4-19-12/h1,6-7H,3-5,8-9H2,(H,17,18). The Morgan fingerprint density at radius 2 is 2.05 bits per heavy atom. The molecule has 1 aliphatic heterocycles. The Balaban J connectivity index is 2.19. The quantitative estimate of drug-likeness (QED) is 0.828. The lowest BCUT2D eigenvalue weighted by Gasteiger charge is -2.22. The molecule has 0 spiro atoms. The Labute approximate surface area is 125 Å². The van der Waals surface area contributed by atoms with Crippen molar-refractivity contribution in [2.75, 3.05) is 26.3 Å². The monoisotopic (exact) mass is 339 g/mol. The van der Waals surface area contributed by atoms with Crippen LogP contribution in [0.1, 0.15) is 5.56 Å². The molecule has 0 bridgehead atoms. The molecule has 1 heterocycles. The fourth-order valence-electron chi connectivity index (χ4n) is 1.96. The van der Waals surface area contributed by atoms with E-state index in [2.05, 4.69) is 21.9 Å². The van der Waals surface area contributed by atoms with Crippen molar-refractivity contribution in [2.24, 2.45) is 0 Å². The van der Waals surface area contributed by atoms with E-state index >= 15 is 0 Å². The van der Waals surface area contributed by atoms with Gasteiger partial charge in [0, 0.05) is 11.0 Å². The Morgan fingerprint density at radius 1 is 1.40 bits per heavy atom. The maximum atomic E-state index is 10.8. The zero-order valence-corrected chi connectivity index (χ0v) is 12.4. The first-order valence-corrected chi connectivity index (χ1v) is 6.85. The van der Waals surface area contributed by atoms with Crippen LogP contribution in [0.3, 0.4) is 0 Å². The minimum absolute atomic E-state index is 0.106. The molecule has 0 radical (unpaired) electrons. The minimum Gasteiger partial charge on any atom is -0.486 e. The smallest absolute Gasteiger partial charge is 0.317 e. The zero-order chi connectivity index (χ0) is 14.5. The number of nitrogens with zero attached hydrogens (tertiary/aromatic N) is 1. The summed E-state index contributed by atoms with van der Waals surface area (Å²) in [5.74, 6) is 2.92. The molecule has 2 rings (SSSR count). The summed E-state index contributed by atoms with van der Waals surface area (Å²) in [5, 5.41) is 8.88. The maximum absolute atomic E-state index is 10.8. The van der Waals surface area contributed by atoms with Gasteiger partial charge in [-0.25, -0.2) is 0 Å². The average Bonchev–Trinajstić information content (AvgIpc) is 2.39. The van der Waals surface area contributed by atoms with Crippen molar-refractivity contribution in [3.8, 4) is 23.8 Å². The SMILES string of the molecule is C#CCN(CC(=O)O)Cc1cc2c(cc1Br)OCCO2. The predicted octanol–water partition coefficient (Wildman–Crippen LogP) is 1.74. The third-order valence-electron chi connectivity index (χ3n) is 2.78. The van der Waals surface area contributed by atoms with Gasteiger partial charge in [0.05, 0.1) is 13.1 Å². The Bertz CT molecular complexity index is 553. The van der Waals surface area contributed by atoms with E-state index in [-0.39, 0.29) is 13.1 Å². The lowest BCUT2D eigenvalue weighted by molar-refractivity contribution is -0.138. The molecule has 0 aliphatic carbocycles. The fourth-order valence-corrected chi connectivity index (χ4v) is 2.40. The number of carbonyl (C=O) groups is 1. The second-order valence-electron chi connectivity index (χ2n) is 4.33. The highest BCUT2D eigenvalue weighted by molar-refractivity contribution is 9.10. The van der Waals surface area contributed by atoms with E-state index < -0.39 is 5.97 Å². The van der Waals surface area contributed by atoms with Crippen molar-refractivity contribution < 1.29 is 19.4 Å². The highest BCUT2D eigenvalue weighted by atomic mass is 79.9. The first-order valence-electron chi connectivity index (χ1n) is 6.06.